The van der Waals surface area contributed by atoms with E-state index in [0.29, 0.717) is 17.9 Å². The number of nitrogens with one attached hydrogen (secondary N) is 1. The smallest absolute Gasteiger partial charge is 0.176 e. The maximum absolute atomic E-state index is 4.19. The monoisotopic (exact) mass is 211 g/mol. The van der Waals surface area contributed by atoms with E-state index in [1.807, 2.05) is 7.05 Å². The van der Waals surface area contributed by atoms with Crippen LogP contribution in [0, 0.1) is 11.8 Å². The third kappa shape index (κ3) is 3.27. The Morgan fingerprint density at radius 2 is 2.00 bits per heavy atom. The standard InChI is InChI=1S/C10H21N5/c1-7(2)8(3)9(11-4)6-10-12-14-15(5)13-10/h7-9,11H,6H2,1-5H3. The van der Waals surface area contributed by atoms with Crippen LogP contribution in [0.4, 0.5) is 0 Å². The fourth-order valence-electron chi connectivity index (χ4n) is 1.62. The Morgan fingerprint density at radius 3 is 2.40 bits per heavy atom. The Balaban J connectivity index is 2.61. The second-order valence-electron chi connectivity index (χ2n) is 4.40. The molecule has 2 unspecified atom stereocenters. The zero-order valence-corrected chi connectivity index (χ0v) is 10.2. The van der Waals surface area contributed by atoms with Crippen molar-refractivity contribution in [1.82, 2.24) is 25.5 Å². The maximum atomic E-state index is 4.19. The number of hydrogen-bond donors (Lipinski definition) is 1. The molecule has 0 aliphatic rings. The second-order valence-corrected chi connectivity index (χ2v) is 4.40. The summed E-state index contributed by atoms with van der Waals surface area (Å²) in [6, 6.07) is 0.411. The molecule has 0 spiro atoms. The SMILES string of the molecule is CNC(Cc1nnn(C)n1)C(C)C(C)C. The molecule has 1 rings (SSSR count). The molecule has 0 aliphatic heterocycles. The van der Waals surface area contributed by atoms with Gasteiger partial charge in [0.2, 0.25) is 0 Å². The van der Waals surface area contributed by atoms with Crippen molar-refractivity contribution in [1.29, 1.82) is 0 Å². The van der Waals surface area contributed by atoms with Crippen LogP contribution in [0.5, 0.6) is 0 Å². The lowest BCUT2D eigenvalue weighted by molar-refractivity contribution is 0.306. The van der Waals surface area contributed by atoms with Crippen molar-refractivity contribution in [3.05, 3.63) is 5.82 Å². The maximum Gasteiger partial charge on any atom is 0.176 e. The molecule has 86 valence electrons. The third-order valence-electron chi connectivity index (χ3n) is 3.01. The molecule has 0 saturated carbocycles. The molecule has 15 heavy (non-hydrogen) atoms. The Kier molecular flexibility index (Phi) is 4.20. The fraction of sp³-hybridized carbons (Fsp3) is 0.900. The highest BCUT2D eigenvalue weighted by Crippen LogP contribution is 2.16. The second kappa shape index (κ2) is 5.21. The zero-order valence-electron chi connectivity index (χ0n) is 10.2. The topological polar surface area (TPSA) is 55.6 Å². The van der Waals surface area contributed by atoms with Crippen LogP contribution in [-0.4, -0.2) is 33.3 Å². The predicted molar refractivity (Wildman–Crippen MR) is 59.4 cm³/mol. The van der Waals surface area contributed by atoms with Crippen LogP contribution in [0.1, 0.15) is 26.6 Å². The number of nitrogens with zero attached hydrogens (tertiary/aromatic N) is 4. The lowest BCUT2D eigenvalue weighted by Gasteiger charge is -2.25. The highest BCUT2D eigenvalue weighted by atomic mass is 15.6. The molecule has 0 radical (unpaired) electrons. The van der Waals surface area contributed by atoms with E-state index in [1.165, 1.54) is 4.80 Å². The summed E-state index contributed by atoms with van der Waals surface area (Å²) < 4.78 is 0. The molecule has 0 aliphatic carbocycles. The average Bonchev–Trinajstić information content (AvgIpc) is 2.59. The van der Waals surface area contributed by atoms with Gasteiger partial charge >= 0.3 is 0 Å². The molecule has 0 fully saturated rings. The van der Waals surface area contributed by atoms with Gasteiger partial charge in [0.25, 0.3) is 0 Å². The minimum atomic E-state index is 0.411. The highest BCUT2D eigenvalue weighted by molar-refractivity contribution is 4.87. The first-order valence-corrected chi connectivity index (χ1v) is 5.44. The van der Waals surface area contributed by atoms with Crippen LogP contribution in [0.3, 0.4) is 0 Å². The number of tetrazole rings is 1. The van der Waals surface area contributed by atoms with Gasteiger partial charge in [0.1, 0.15) is 0 Å². The Morgan fingerprint density at radius 1 is 1.33 bits per heavy atom. The normalized spacial score (nSPS) is 15.6. The van der Waals surface area contributed by atoms with E-state index in [-0.39, 0.29) is 0 Å². The third-order valence-corrected chi connectivity index (χ3v) is 3.01. The van der Waals surface area contributed by atoms with Crippen molar-refractivity contribution < 1.29 is 0 Å². The molecule has 1 aromatic heterocycles. The lowest BCUT2D eigenvalue weighted by atomic mass is 9.88. The van der Waals surface area contributed by atoms with Gasteiger partial charge in [-0.05, 0) is 24.1 Å². The first-order valence-electron chi connectivity index (χ1n) is 5.44. The molecular weight excluding hydrogens is 190 g/mol. The molecule has 5 heteroatoms. The molecule has 0 amide bonds. The van der Waals surface area contributed by atoms with Gasteiger partial charge in [-0.25, -0.2) is 0 Å². The number of likely N-dealkylation sites (N-methyl/N-ethyl adjacent to an activating group) is 1. The lowest BCUT2D eigenvalue weighted by Crippen LogP contribution is -2.37. The minimum absolute atomic E-state index is 0.411. The molecule has 1 N–H and O–H groups in total. The van der Waals surface area contributed by atoms with Crippen molar-refractivity contribution in [3.8, 4) is 0 Å². The molecule has 0 aromatic carbocycles. The molecule has 2 atom stereocenters. The Bertz CT molecular complexity index is 294. The van der Waals surface area contributed by atoms with Crippen molar-refractivity contribution in [2.75, 3.05) is 7.05 Å². The molecule has 1 heterocycles. The first-order chi connectivity index (χ1) is 7.04. The summed E-state index contributed by atoms with van der Waals surface area (Å²) in [5.74, 6) is 2.06. The number of aryl methyl sites for hydroxylation is 1. The number of hydrogen-bond acceptors (Lipinski definition) is 4. The number of aromatic nitrogens is 4. The van der Waals surface area contributed by atoms with Crippen LogP contribution < -0.4 is 5.32 Å². The number of rotatable bonds is 5. The van der Waals surface area contributed by atoms with Crippen LogP contribution >= 0.6 is 0 Å². The molecule has 0 bridgehead atoms. The average molecular weight is 211 g/mol. The summed E-state index contributed by atoms with van der Waals surface area (Å²) in [4.78, 5) is 1.50. The largest absolute Gasteiger partial charge is 0.316 e. The van der Waals surface area contributed by atoms with Gasteiger partial charge in [-0.2, -0.15) is 4.80 Å². The van der Waals surface area contributed by atoms with Gasteiger partial charge in [0.05, 0.1) is 7.05 Å². The van der Waals surface area contributed by atoms with E-state index < -0.39 is 0 Å². The molecule has 1 aromatic rings. The minimum Gasteiger partial charge on any atom is -0.316 e. The van der Waals surface area contributed by atoms with Crippen LogP contribution in [0.25, 0.3) is 0 Å². The van der Waals surface area contributed by atoms with Gasteiger partial charge in [0, 0.05) is 12.5 Å². The van der Waals surface area contributed by atoms with Crippen molar-refractivity contribution in [3.63, 3.8) is 0 Å². The molecular formula is C10H21N5. The van der Waals surface area contributed by atoms with E-state index in [1.54, 1.807) is 7.05 Å². The quantitative estimate of drug-likeness (QED) is 0.776. The van der Waals surface area contributed by atoms with Gasteiger partial charge in [0.15, 0.2) is 5.82 Å². The van der Waals surface area contributed by atoms with Crippen LogP contribution in [-0.2, 0) is 13.5 Å². The van der Waals surface area contributed by atoms with E-state index in [2.05, 4.69) is 41.5 Å². The summed E-state index contributed by atoms with van der Waals surface area (Å²) in [5.41, 5.74) is 0. The van der Waals surface area contributed by atoms with Crippen molar-refractivity contribution in [2.45, 2.75) is 33.2 Å². The summed E-state index contributed by atoms with van der Waals surface area (Å²) in [5, 5.41) is 15.4. The summed E-state index contributed by atoms with van der Waals surface area (Å²) in [7, 11) is 3.77. The van der Waals surface area contributed by atoms with Gasteiger partial charge in [-0.15, -0.1) is 10.2 Å². The fourth-order valence-corrected chi connectivity index (χ4v) is 1.62. The van der Waals surface area contributed by atoms with Crippen LogP contribution in [0.15, 0.2) is 0 Å². The van der Waals surface area contributed by atoms with E-state index in [9.17, 15) is 0 Å². The van der Waals surface area contributed by atoms with E-state index >= 15 is 0 Å². The van der Waals surface area contributed by atoms with Gasteiger partial charge in [-0.1, -0.05) is 20.8 Å². The predicted octanol–water partition coefficient (Wildman–Crippen LogP) is 0.633. The zero-order chi connectivity index (χ0) is 11.4. The van der Waals surface area contributed by atoms with Crippen molar-refractivity contribution in [2.24, 2.45) is 18.9 Å². The summed E-state index contributed by atoms with van der Waals surface area (Å²) in [6.45, 7) is 6.72. The first kappa shape index (κ1) is 12.1. The molecule has 0 saturated heterocycles. The van der Waals surface area contributed by atoms with E-state index in [0.717, 1.165) is 12.2 Å². The van der Waals surface area contributed by atoms with E-state index in [4.69, 9.17) is 0 Å². The summed E-state index contributed by atoms with van der Waals surface area (Å²) >= 11 is 0. The van der Waals surface area contributed by atoms with Gasteiger partial charge < -0.3 is 5.32 Å². The Labute approximate surface area is 91.2 Å². The van der Waals surface area contributed by atoms with Gasteiger partial charge in [-0.3, -0.25) is 0 Å². The van der Waals surface area contributed by atoms with Crippen molar-refractivity contribution >= 4 is 0 Å². The summed E-state index contributed by atoms with van der Waals surface area (Å²) in [6.07, 6.45) is 0.837. The van der Waals surface area contributed by atoms with Crippen LogP contribution in [0.2, 0.25) is 0 Å². The molecule has 5 nitrogen and oxygen atoms in total. The highest BCUT2D eigenvalue weighted by Gasteiger charge is 2.20. The Hall–Kier alpha value is -0.970.